The van der Waals surface area contributed by atoms with Crippen molar-refractivity contribution in [3.05, 3.63) is 11.7 Å². The summed E-state index contributed by atoms with van der Waals surface area (Å²) >= 11 is 0. The quantitative estimate of drug-likeness (QED) is 0.778. The third-order valence-corrected chi connectivity index (χ3v) is 1.71. The minimum absolute atomic E-state index is 0.126. The van der Waals surface area contributed by atoms with Crippen LogP contribution in [0.4, 0.5) is 0 Å². The molecule has 80 valence electrons. The number of ether oxygens (including phenoxy) is 1. The number of hydrogen-bond acceptors (Lipinski definition) is 5. The van der Waals surface area contributed by atoms with Crippen molar-refractivity contribution in [3.8, 4) is 0 Å². The molecule has 5 nitrogen and oxygen atoms in total. The van der Waals surface area contributed by atoms with Gasteiger partial charge in [-0.1, -0.05) is 12.1 Å². The summed E-state index contributed by atoms with van der Waals surface area (Å²) in [5.74, 6) is 0.732. The predicted octanol–water partition coefficient (Wildman–Crippen LogP) is 1.44. The SMILES string of the molecule is CCC(O)c1noc(COC(C)C)n1. The topological polar surface area (TPSA) is 68.4 Å². The first-order chi connectivity index (χ1) is 6.63. The minimum Gasteiger partial charge on any atom is -0.385 e. The van der Waals surface area contributed by atoms with Crippen LogP contribution in [0.2, 0.25) is 0 Å². The number of rotatable bonds is 5. The Kier molecular flexibility index (Phi) is 4.03. The van der Waals surface area contributed by atoms with Gasteiger partial charge in [0.2, 0.25) is 0 Å². The highest BCUT2D eigenvalue weighted by atomic mass is 16.5. The Labute approximate surface area is 83.1 Å². The van der Waals surface area contributed by atoms with Gasteiger partial charge in [0.1, 0.15) is 12.7 Å². The van der Waals surface area contributed by atoms with Crippen LogP contribution in [0.25, 0.3) is 0 Å². The summed E-state index contributed by atoms with van der Waals surface area (Å²) < 4.78 is 10.2. The van der Waals surface area contributed by atoms with Gasteiger partial charge in [-0.15, -0.1) is 0 Å². The third-order valence-electron chi connectivity index (χ3n) is 1.71. The van der Waals surface area contributed by atoms with Crippen molar-refractivity contribution in [1.29, 1.82) is 0 Å². The minimum atomic E-state index is -0.647. The first-order valence-corrected chi connectivity index (χ1v) is 4.75. The first-order valence-electron chi connectivity index (χ1n) is 4.75. The molecule has 0 aliphatic carbocycles. The van der Waals surface area contributed by atoms with E-state index >= 15 is 0 Å². The highest BCUT2D eigenvalue weighted by molar-refractivity contribution is 4.89. The fourth-order valence-electron chi connectivity index (χ4n) is 0.883. The highest BCUT2D eigenvalue weighted by Crippen LogP contribution is 2.12. The Hall–Kier alpha value is -0.940. The van der Waals surface area contributed by atoms with Crippen molar-refractivity contribution in [2.75, 3.05) is 0 Å². The van der Waals surface area contributed by atoms with E-state index in [0.29, 0.717) is 24.7 Å². The summed E-state index contributed by atoms with van der Waals surface area (Å²) in [6, 6.07) is 0. The van der Waals surface area contributed by atoms with Crippen LogP contribution in [0.3, 0.4) is 0 Å². The van der Waals surface area contributed by atoms with E-state index in [2.05, 4.69) is 10.1 Å². The second-order valence-electron chi connectivity index (χ2n) is 3.33. The Morgan fingerprint density at radius 1 is 1.50 bits per heavy atom. The van der Waals surface area contributed by atoms with Crippen molar-refractivity contribution in [2.24, 2.45) is 0 Å². The summed E-state index contributed by atoms with van der Waals surface area (Å²) in [5.41, 5.74) is 0. The lowest BCUT2D eigenvalue weighted by Crippen LogP contribution is -2.03. The number of aliphatic hydroxyl groups excluding tert-OH is 1. The zero-order valence-corrected chi connectivity index (χ0v) is 8.73. The number of aromatic nitrogens is 2. The molecule has 1 heterocycles. The molecule has 1 aromatic rings. The van der Waals surface area contributed by atoms with Gasteiger partial charge in [0, 0.05) is 0 Å². The van der Waals surface area contributed by atoms with Crippen LogP contribution in [-0.2, 0) is 11.3 Å². The molecule has 1 rings (SSSR count). The van der Waals surface area contributed by atoms with Gasteiger partial charge < -0.3 is 14.4 Å². The van der Waals surface area contributed by atoms with Crippen LogP contribution in [0.5, 0.6) is 0 Å². The van der Waals surface area contributed by atoms with Gasteiger partial charge in [0.15, 0.2) is 5.82 Å². The monoisotopic (exact) mass is 200 g/mol. The molecule has 1 N–H and O–H groups in total. The zero-order chi connectivity index (χ0) is 10.6. The molecule has 0 saturated heterocycles. The maximum atomic E-state index is 9.39. The lowest BCUT2D eigenvalue weighted by Gasteiger charge is -2.02. The standard InChI is InChI=1S/C9H16N2O3/c1-4-7(12)9-10-8(14-11-9)5-13-6(2)3/h6-7,12H,4-5H2,1-3H3. The maximum Gasteiger partial charge on any atom is 0.252 e. The molecule has 0 spiro atoms. The Morgan fingerprint density at radius 3 is 2.79 bits per heavy atom. The largest absolute Gasteiger partial charge is 0.385 e. The van der Waals surface area contributed by atoms with Gasteiger partial charge in [-0.3, -0.25) is 0 Å². The van der Waals surface area contributed by atoms with Crippen LogP contribution in [0.1, 0.15) is 45.0 Å². The van der Waals surface area contributed by atoms with E-state index in [0.717, 1.165) is 0 Å². The lowest BCUT2D eigenvalue weighted by molar-refractivity contribution is 0.0485. The zero-order valence-electron chi connectivity index (χ0n) is 8.73. The van der Waals surface area contributed by atoms with Crippen molar-refractivity contribution in [1.82, 2.24) is 10.1 Å². The fraction of sp³-hybridized carbons (Fsp3) is 0.778. The summed E-state index contributed by atoms with van der Waals surface area (Å²) in [5, 5.41) is 13.0. The summed E-state index contributed by atoms with van der Waals surface area (Å²) in [6.07, 6.45) is 0.0531. The van der Waals surface area contributed by atoms with Crippen molar-refractivity contribution < 1.29 is 14.4 Å². The van der Waals surface area contributed by atoms with Crippen LogP contribution >= 0.6 is 0 Å². The summed E-state index contributed by atoms with van der Waals surface area (Å²) in [4.78, 5) is 4.00. The average molecular weight is 200 g/mol. The van der Waals surface area contributed by atoms with E-state index in [1.807, 2.05) is 20.8 Å². The van der Waals surface area contributed by atoms with Crippen LogP contribution in [0.15, 0.2) is 4.52 Å². The van der Waals surface area contributed by atoms with Crippen LogP contribution in [-0.4, -0.2) is 21.4 Å². The van der Waals surface area contributed by atoms with E-state index in [1.54, 1.807) is 0 Å². The molecular formula is C9H16N2O3. The molecule has 5 heteroatoms. The number of hydrogen-bond donors (Lipinski definition) is 1. The van der Waals surface area contributed by atoms with Crippen molar-refractivity contribution in [2.45, 2.75) is 46.0 Å². The van der Waals surface area contributed by atoms with Gasteiger partial charge in [-0.05, 0) is 20.3 Å². The molecular weight excluding hydrogens is 184 g/mol. The molecule has 0 radical (unpaired) electrons. The molecule has 0 bridgehead atoms. The van der Waals surface area contributed by atoms with Gasteiger partial charge in [0.25, 0.3) is 5.89 Å². The second-order valence-corrected chi connectivity index (χ2v) is 3.33. The molecule has 1 aromatic heterocycles. The highest BCUT2D eigenvalue weighted by Gasteiger charge is 2.13. The van der Waals surface area contributed by atoms with E-state index in [9.17, 15) is 5.11 Å². The second kappa shape index (κ2) is 5.07. The van der Waals surface area contributed by atoms with E-state index in [-0.39, 0.29) is 6.10 Å². The Balaban J connectivity index is 2.50. The summed E-state index contributed by atoms with van der Waals surface area (Å²) in [6.45, 7) is 6.00. The molecule has 0 aliphatic rings. The normalized spacial score (nSPS) is 13.5. The van der Waals surface area contributed by atoms with Gasteiger partial charge in [-0.2, -0.15) is 4.98 Å². The molecule has 1 unspecified atom stereocenters. The van der Waals surface area contributed by atoms with E-state index < -0.39 is 6.10 Å². The number of nitrogens with zero attached hydrogens (tertiary/aromatic N) is 2. The molecule has 0 aromatic carbocycles. The number of aliphatic hydroxyl groups is 1. The van der Waals surface area contributed by atoms with Crippen molar-refractivity contribution >= 4 is 0 Å². The third kappa shape index (κ3) is 3.08. The molecule has 14 heavy (non-hydrogen) atoms. The summed E-state index contributed by atoms with van der Waals surface area (Å²) in [7, 11) is 0. The van der Waals surface area contributed by atoms with Gasteiger partial charge in [0.05, 0.1) is 6.10 Å². The molecule has 0 aliphatic heterocycles. The maximum absolute atomic E-state index is 9.39. The average Bonchev–Trinajstić information content (AvgIpc) is 2.62. The smallest absolute Gasteiger partial charge is 0.252 e. The Morgan fingerprint density at radius 2 is 2.21 bits per heavy atom. The first kappa shape index (κ1) is 11.1. The van der Waals surface area contributed by atoms with Gasteiger partial charge >= 0.3 is 0 Å². The van der Waals surface area contributed by atoms with Crippen molar-refractivity contribution in [3.63, 3.8) is 0 Å². The lowest BCUT2D eigenvalue weighted by atomic mass is 10.3. The van der Waals surface area contributed by atoms with Gasteiger partial charge in [-0.25, -0.2) is 0 Å². The van der Waals surface area contributed by atoms with Crippen LogP contribution in [0, 0.1) is 0 Å². The molecule has 0 saturated carbocycles. The van der Waals surface area contributed by atoms with Crippen LogP contribution < -0.4 is 0 Å². The van der Waals surface area contributed by atoms with E-state index in [1.165, 1.54) is 0 Å². The Bertz CT molecular complexity index is 273. The molecule has 0 fully saturated rings. The molecule has 1 atom stereocenters. The van der Waals surface area contributed by atoms with E-state index in [4.69, 9.17) is 9.26 Å². The molecule has 0 amide bonds. The fourth-order valence-corrected chi connectivity index (χ4v) is 0.883. The predicted molar refractivity (Wildman–Crippen MR) is 49.5 cm³/mol.